The molecule has 0 bridgehead atoms. The van der Waals surface area contributed by atoms with Gasteiger partial charge in [-0.1, -0.05) is 18.2 Å². The van der Waals surface area contributed by atoms with Crippen LogP contribution in [0.25, 0.3) is 0 Å². The van der Waals surface area contributed by atoms with Crippen LogP contribution >= 0.6 is 0 Å². The number of hydrogen-bond acceptors (Lipinski definition) is 4. The minimum absolute atomic E-state index is 0.312. The maximum absolute atomic E-state index is 11.9. The van der Waals surface area contributed by atoms with Gasteiger partial charge in [0.15, 0.2) is 0 Å². The number of carbonyl (C=O) groups excluding carboxylic acids is 2. The fourth-order valence-electron chi connectivity index (χ4n) is 1.56. The van der Waals surface area contributed by atoms with Crippen LogP contribution in [0.4, 0.5) is 0 Å². The van der Waals surface area contributed by atoms with E-state index in [1.54, 1.807) is 43.3 Å². The molecule has 1 aromatic heterocycles. The molecule has 0 unspecified atom stereocenters. The number of hydrazone groups is 1. The van der Waals surface area contributed by atoms with Crippen molar-refractivity contribution in [3.05, 3.63) is 60.1 Å². The lowest BCUT2D eigenvalue weighted by Gasteiger charge is -2.11. The van der Waals surface area contributed by atoms with Crippen molar-refractivity contribution in [2.45, 2.75) is 13.0 Å². The highest BCUT2D eigenvalue weighted by Crippen LogP contribution is 1.99. The Labute approximate surface area is 121 Å². The van der Waals surface area contributed by atoms with Crippen molar-refractivity contribution >= 4 is 18.0 Å². The molecule has 0 radical (unpaired) electrons. The third-order valence-electron chi connectivity index (χ3n) is 2.69. The summed E-state index contributed by atoms with van der Waals surface area (Å²) in [5, 5.41) is 6.34. The first-order valence-electron chi connectivity index (χ1n) is 6.39. The van der Waals surface area contributed by atoms with Crippen molar-refractivity contribution in [2.24, 2.45) is 5.10 Å². The molecule has 6 heteroatoms. The first-order valence-corrected chi connectivity index (χ1v) is 6.39. The molecule has 2 amide bonds. The van der Waals surface area contributed by atoms with Gasteiger partial charge in [0.1, 0.15) is 11.8 Å². The summed E-state index contributed by atoms with van der Waals surface area (Å²) in [4.78, 5) is 23.6. The SMILES string of the molecule is C[C@@H](NC(=O)c1ccccc1)C(=O)NN=Cc1ccco1. The van der Waals surface area contributed by atoms with Gasteiger partial charge in [-0.05, 0) is 31.2 Å². The molecule has 0 spiro atoms. The van der Waals surface area contributed by atoms with Crippen LogP contribution in [-0.4, -0.2) is 24.1 Å². The Kier molecular flexibility index (Phi) is 4.87. The van der Waals surface area contributed by atoms with Crippen molar-refractivity contribution in [1.29, 1.82) is 0 Å². The summed E-state index contributed by atoms with van der Waals surface area (Å²) < 4.78 is 5.03. The Hall–Kier alpha value is -2.89. The fourth-order valence-corrected chi connectivity index (χ4v) is 1.56. The topological polar surface area (TPSA) is 83.7 Å². The first kappa shape index (κ1) is 14.5. The van der Waals surface area contributed by atoms with Crippen molar-refractivity contribution in [3.63, 3.8) is 0 Å². The quantitative estimate of drug-likeness (QED) is 0.645. The van der Waals surface area contributed by atoms with E-state index in [9.17, 15) is 9.59 Å². The molecule has 1 heterocycles. The van der Waals surface area contributed by atoms with Gasteiger partial charge in [-0.25, -0.2) is 5.43 Å². The average molecular weight is 285 g/mol. The van der Waals surface area contributed by atoms with Crippen LogP contribution in [0.1, 0.15) is 23.0 Å². The van der Waals surface area contributed by atoms with Crippen LogP contribution in [0.3, 0.4) is 0 Å². The second-order valence-corrected chi connectivity index (χ2v) is 4.31. The molecule has 2 rings (SSSR count). The largest absolute Gasteiger partial charge is 0.463 e. The molecule has 1 atom stereocenters. The minimum Gasteiger partial charge on any atom is -0.463 e. The summed E-state index contributed by atoms with van der Waals surface area (Å²) in [7, 11) is 0. The van der Waals surface area contributed by atoms with E-state index in [1.807, 2.05) is 6.07 Å². The van der Waals surface area contributed by atoms with E-state index in [4.69, 9.17) is 4.42 Å². The van der Waals surface area contributed by atoms with Crippen LogP contribution in [0, 0.1) is 0 Å². The maximum atomic E-state index is 11.9. The number of amides is 2. The predicted octanol–water partition coefficient (Wildman–Crippen LogP) is 1.55. The van der Waals surface area contributed by atoms with Gasteiger partial charge in [-0.3, -0.25) is 9.59 Å². The van der Waals surface area contributed by atoms with Gasteiger partial charge in [0.25, 0.3) is 11.8 Å². The van der Waals surface area contributed by atoms with Crippen LogP contribution < -0.4 is 10.7 Å². The molecule has 0 saturated carbocycles. The Morgan fingerprint density at radius 3 is 2.62 bits per heavy atom. The van der Waals surface area contributed by atoms with Gasteiger partial charge in [-0.2, -0.15) is 5.10 Å². The molecule has 108 valence electrons. The molecule has 0 aliphatic carbocycles. The van der Waals surface area contributed by atoms with E-state index in [0.717, 1.165) is 0 Å². The third kappa shape index (κ3) is 4.31. The van der Waals surface area contributed by atoms with Crippen molar-refractivity contribution < 1.29 is 14.0 Å². The first-order chi connectivity index (χ1) is 10.2. The lowest BCUT2D eigenvalue weighted by molar-refractivity contribution is -0.122. The monoisotopic (exact) mass is 285 g/mol. The fraction of sp³-hybridized carbons (Fsp3) is 0.133. The predicted molar refractivity (Wildman–Crippen MR) is 77.8 cm³/mol. The van der Waals surface area contributed by atoms with Gasteiger partial charge in [0.05, 0.1) is 12.5 Å². The summed E-state index contributed by atoms with van der Waals surface area (Å²) in [5.41, 5.74) is 2.83. The lowest BCUT2D eigenvalue weighted by Crippen LogP contribution is -2.43. The highest BCUT2D eigenvalue weighted by Gasteiger charge is 2.15. The van der Waals surface area contributed by atoms with Crippen LogP contribution in [0.2, 0.25) is 0 Å². The van der Waals surface area contributed by atoms with E-state index in [2.05, 4.69) is 15.8 Å². The number of benzene rings is 1. The number of hydrogen-bond donors (Lipinski definition) is 2. The van der Waals surface area contributed by atoms with E-state index < -0.39 is 11.9 Å². The Bertz CT molecular complexity index is 621. The van der Waals surface area contributed by atoms with Gasteiger partial charge < -0.3 is 9.73 Å². The molecular formula is C15H15N3O3. The van der Waals surface area contributed by atoms with E-state index in [1.165, 1.54) is 12.5 Å². The second-order valence-electron chi connectivity index (χ2n) is 4.31. The molecular weight excluding hydrogens is 270 g/mol. The standard InChI is InChI=1S/C15H15N3O3/c1-11(17-15(20)12-6-3-2-4-7-12)14(19)18-16-10-13-8-5-9-21-13/h2-11H,1H3,(H,17,20)(H,18,19)/t11-/m1/s1. The Morgan fingerprint density at radius 1 is 1.19 bits per heavy atom. The van der Waals surface area contributed by atoms with Crippen LogP contribution in [0.5, 0.6) is 0 Å². The molecule has 0 fully saturated rings. The smallest absolute Gasteiger partial charge is 0.262 e. The molecule has 21 heavy (non-hydrogen) atoms. The number of carbonyl (C=O) groups is 2. The number of rotatable bonds is 5. The molecule has 2 aromatic rings. The number of nitrogens with zero attached hydrogens (tertiary/aromatic N) is 1. The molecule has 6 nitrogen and oxygen atoms in total. The van der Waals surface area contributed by atoms with E-state index in [0.29, 0.717) is 11.3 Å². The summed E-state index contributed by atoms with van der Waals surface area (Å²) in [6, 6.07) is 11.4. The zero-order valence-electron chi connectivity index (χ0n) is 11.4. The molecule has 0 saturated heterocycles. The minimum atomic E-state index is -0.702. The van der Waals surface area contributed by atoms with Gasteiger partial charge >= 0.3 is 0 Å². The highest BCUT2D eigenvalue weighted by atomic mass is 16.3. The zero-order chi connectivity index (χ0) is 15.1. The molecule has 1 aromatic carbocycles. The van der Waals surface area contributed by atoms with E-state index >= 15 is 0 Å². The summed E-state index contributed by atoms with van der Waals surface area (Å²) in [5.74, 6) is -0.202. The average Bonchev–Trinajstić information content (AvgIpc) is 3.01. The summed E-state index contributed by atoms with van der Waals surface area (Å²) in [6.45, 7) is 1.58. The van der Waals surface area contributed by atoms with Crippen molar-refractivity contribution in [3.8, 4) is 0 Å². The summed E-state index contributed by atoms with van der Waals surface area (Å²) >= 11 is 0. The third-order valence-corrected chi connectivity index (χ3v) is 2.69. The number of nitrogens with one attached hydrogen (secondary N) is 2. The van der Waals surface area contributed by atoms with Crippen molar-refractivity contribution in [2.75, 3.05) is 0 Å². The van der Waals surface area contributed by atoms with Gasteiger partial charge in [-0.15, -0.1) is 0 Å². The van der Waals surface area contributed by atoms with Crippen LogP contribution in [-0.2, 0) is 4.79 Å². The van der Waals surface area contributed by atoms with E-state index in [-0.39, 0.29) is 5.91 Å². The maximum Gasteiger partial charge on any atom is 0.262 e. The van der Waals surface area contributed by atoms with Gasteiger partial charge in [0.2, 0.25) is 0 Å². The lowest BCUT2D eigenvalue weighted by atomic mass is 10.2. The Balaban J connectivity index is 1.84. The zero-order valence-corrected chi connectivity index (χ0v) is 11.4. The second kappa shape index (κ2) is 7.04. The number of furan rings is 1. The molecule has 2 N–H and O–H groups in total. The highest BCUT2D eigenvalue weighted by molar-refractivity contribution is 5.97. The Morgan fingerprint density at radius 2 is 1.95 bits per heavy atom. The van der Waals surface area contributed by atoms with Crippen LogP contribution in [0.15, 0.2) is 58.2 Å². The molecule has 0 aliphatic heterocycles. The van der Waals surface area contributed by atoms with Gasteiger partial charge in [0, 0.05) is 5.56 Å². The molecule has 0 aliphatic rings. The summed E-state index contributed by atoms with van der Waals surface area (Å²) in [6.07, 6.45) is 2.88. The van der Waals surface area contributed by atoms with Crippen molar-refractivity contribution in [1.82, 2.24) is 10.7 Å². The normalized spacial score (nSPS) is 12.0.